The summed E-state index contributed by atoms with van der Waals surface area (Å²) in [5.41, 5.74) is 0.157. The average Bonchev–Trinajstić information content (AvgIpc) is 2.45. The van der Waals surface area contributed by atoms with Gasteiger partial charge in [0.05, 0.1) is 5.69 Å². The molecule has 0 atom stereocenters. The highest BCUT2D eigenvalue weighted by Crippen LogP contribution is 2.23. The Kier molecular flexibility index (Phi) is 3.93. The molecule has 2 aromatic rings. The molecule has 0 radical (unpaired) electrons. The van der Waals surface area contributed by atoms with Gasteiger partial charge in [-0.25, -0.2) is 18.0 Å². The second-order valence-electron chi connectivity index (χ2n) is 4.05. The summed E-state index contributed by atoms with van der Waals surface area (Å²) in [6.07, 6.45) is 0. The molecule has 0 fully saturated rings. The van der Waals surface area contributed by atoms with Crippen molar-refractivity contribution in [1.82, 2.24) is 0 Å². The fraction of sp³-hybridized carbons (Fsp3) is 0.0714. The normalized spacial score (nSPS) is 10.2. The zero-order chi connectivity index (χ0) is 14.7. The molecular formula is C14H11F3N2O. The molecule has 0 aromatic heterocycles. The predicted molar refractivity (Wildman–Crippen MR) is 70.2 cm³/mol. The predicted octanol–water partition coefficient (Wildman–Crippen LogP) is 3.77. The van der Waals surface area contributed by atoms with Gasteiger partial charge in [0, 0.05) is 12.7 Å². The minimum Gasteiger partial charge on any atom is -0.308 e. The molecule has 0 saturated carbocycles. The van der Waals surface area contributed by atoms with Crippen molar-refractivity contribution < 1.29 is 18.0 Å². The molecule has 20 heavy (non-hydrogen) atoms. The zero-order valence-corrected chi connectivity index (χ0v) is 10.5. The van der Waals surface area contributed by atoms with Crippen LogP contribution in [-0.2, 0) is 0 Å². The second-order valence-corrected chi connectivity index (χ2v) is 4.05. The Morgan fingerprint density at radius 1 is 1.00 bits per heavy atom. The molecule has 0 unspecified atom stereocenters. The summed E-state index contributed by atoms with van der Waals surface area (Å²) in [6.45, 7) is 0. The third-order valence-corrected chi connectivity index (χ3v) is 2.71. The number of hydrogen-bond acceptors (Lipinski definition) is 1. The van der Waals surface area contributed by atoms with E-state index in [9.17, 15) is 18.0 Å². The number of para-hydroxylation sites is 1. The number of hydrogen-bond donors (Lipinski definition) is 1. The third kappa shape index (κ3) is 2.74. The highest BCUT2D eigenvalue weighted by Gasteiger charge is 2.20. The van der Waals surface area contributed by atoms with E-state index < -0.39 is 23.5 Å². The Morgan fingerprint density at radius 2 is 1.65 bits per heavy atom. The Labute approximate surface area is 113 Å². The number of urea groups is 1. The number of nitrogens with zero attached hydrogens (tertiary/aromatic N) is 1. The van der Waals surface area contributed by atoms with Gasteiger partial charge < -0.3 is 5.32 Å². The van der Waals surface area contributed by atoms with E-state index in [2.05, 4.69) is 5.32 Å². The lowest BCUT2D eigenvalue weighted by molar-refractivity contribution is 0.257. The van der Waals surface area contributed by atoms with Crippen molar-refractivity contribution in [2.24, 2.45) is 0 Å². The highest BCUT2D eigenvalue weighted by atomic mass is 19.2. The van der Waals surface area contributed by atoms with Crippen molar-refractivity contribution in [2.45, 2.75) is 0 Å². The molecule has 3 nitrogen and oxygen atoms in total. The first-order chi connectivity index (χ1) is 9.50. The number of benzene rings is 2. The van der Waals surface area contributed by atoms with Gasteiger partial charge in [-0.1, -0.05) is 18.2 Å². The van der Waals surface area contributed by atoms with Crippen LogP contribution >= 0.6 is 0 Å². The molecule has 0 bridgehead atoms. The van der Waals surface area contributed by atoms with Gasteiger partial charge in [-0.3, -0.25) is 4.90 Å². The largest absolute Gasteiger partial charge is 0.326 e. The molecule has 2 amide bonds. The first kappa shape index (κ1) is 13.9. The molecule has 0 heterocycles. The van der Waals surface area contributed by atoms with Gasteiger partial charge in [-0.05, 0) is 24.3 Å². The number of amides is 2. The van der Waals surface area contributed by atoms with Crippen molar-refractivity contribution in [3.05, 3.63) is 59.9 Å². The zero-order valence-electron chi connectivity index (χ0n) is 10.5. The standard InChI is InChI=1S/C14H11F3N2O/c1-19(11-8-7-10(15)12(16)13(11)17)14(20)18-9-5-3-2-4-6-9/h2-8H,1H3,(H,18,20). The van der Waals surface area contributed by atoms with Crippen molar-refractivity contribution in [3.8, 4) is 0 Å². The summed E-state index contributed by atoms with van der Waals surface area (Å²) < 4.78 is 39.5. The number of carbonyl (C=O) groups excluding carboxylic acids is 1. The third-order valence-electron chi connectivity index (χ3n) is 2.71. The summed E-state index contributed by atoms with van der Waals surface area (Å²) in [6, 6.07) is 9.59. The molecule has 2 aromatic carbocycles. The number of halogens is 3. The summed E-state index contributed by atoms with van der Waals surface area (Å²) in [4.78, 5) is 12.8. The summed E-state index contributed by atoms with van der Waals surface area (Å²) in [5.74, 6) is -4.32. The van der Waals surface area contributed by atoms with Crippen molar-refractivity contribution >= 4 is 17.4 Å². The number of rotatable bonds is 2. The van der Waals surface area contributed by atoms with Crippen LogP contribution < -0.4 is 10.2 Å². The highest BCUT2D eigenvalue weighted by molar-refractivity contribution is 6.01. The molecule has 2 rings (SSSR count). The monoisotopic (exact) mass is 280 g/mol. The smallest absolute Gasteiger partial charge is 0.308 e. The van der Waals surface area contributed by atoms with E-state index in [1.165, 1.54) is 7.05 Å². The van der Waals surface area contributed by atoms with Gasteiger partial charge in [0.15, 0.2) is 17.5 Å². The van der Waals surface area contributed by atoms with Crippen LogP contribution in [0, 0.1) is 17.5 Å². The number of carbonyl (C=O) groups is 1. The SMILES string of the molecule is CN(C(=O)Nc1ccccc1)c1ccc(F)c(F)c1F. The molecule has 0 aliphatic rings. The fourth-order valence-electron chi connectivity index (χ4n) is 1.61. The Balaban J connectivity index is 2.21. The van der Waals surface area contributed by atoms with Gasteiger partial charge in [-0.15, -0.1) is 0 Å². The van der Waals surface area contributed by atoms with E-state index in [-0.39, 0.29) is 5.69 Å². The van der Waals surface area contributed by atoms with E-state index in [0.717, 1.165) is 17.0 Å². The van der Waals surface area contributed by atoms with Crippen LogP contribution in [0.2, 0.25) is 0 Å². The van der Waals surface area contributed by atoms with Gasteiger partial charge in [0.1, 0.15) is 0 Å². The molecule has 0 saturated heterocycles. The van der Waals surface area contributed by atoms with Crippen LogP contribution in [0.3, 0.4) is 0 Å². The topological polar surface area (TPSA) is 32.3 Å². The molecule has 1 N–H and O–H groups in total. The van der Waals surface area contributed by atoms with Crippen LogP contribution in [-0.4, -0.2) is 13.1 Å². The van der Waals surface area contributed by atoms with Crippen LogP contribution in [0.1, 0.15) is 0 Å². The first-order valence-corrected chi connectivity index (χ1v) is 5.74. The average molecular weight is 280 g/mol. The lowest BCUT2D eigenvalue weighted by atomic mass is 10.2. The van der Waals surface area contributed by atoms with E-state index in [4.69, 9.17) is 0 Å². The molecule has 0 aliphatic heterocycles. The van der Waals surface area contributed by atoms with E-state index >= 15 is 0 Å². The lowest BCUT2D eigenvalue weighted by Gasteiger charge is -2.19. The minimum atomic E-state index is -1.61. The van der Waals surface area contributed by atoms with Gasteiger partial charge in [0.25, 0.3) is 0 Å². The Morgan fingerprint density at radius 3 is 2.30 bits per heavy atom. The molecule has 6 heteroatoms. The summed E-state index contributed by atoms with van der Waals surface area (Å²) in [5, 5.41) is 2.51. The van der Waals surface area contributed by atoms with Crippen molar-refractivity contribution in [3.63, 3.8) is 0 Å². The van der Waals surface area contributed by atoms with Crippen LogP contribution in [0.15, 0.2) is 42.5 Å². The number of anilines is 2. The number of nitrogens with one attached hydrogen (secondary N) is 1. The van der Waals surface area contributed by atoms with E-state index in [1.807, 2.05) is 0 Å². The molecule has 0 spiro atoms. The quantitative estimate of drug-likeness (QED) is 0.834. The van der Waals surface area contributed by atoms with Crippen LogP contribution in [0.25, 0.3) is 0 Å². The van der Waals surface area contributed by atoms with E-state index in [0.29, 0.717) is 5.69 Å². The minimum absolute atomic E-state index is 0.350. The second kappa shape index (κ2) is 5.64. The van der Waals surface area contributed by atoms with E-state index in [1.54, 1.807) is 30.3 Å². The Hall–Kier alpha value is -2.50. The van der Waals surface area contributed by atoms with Crippen LogP contribution in [0.5, 0.6) is 0 Å². The summed E-state index contributed by atoms with van der Waals surface area (Å²) >= 11 is 0. The van der Waals surface area contributed by atoms with Gasteiger partial charge in [0.2, 0.25) is 0 Å². The molecule has 0 aliphatic carbocycles. The lowest BCUT2D eigenvalue weighted by Crippen LogP contribution is -2.32. The van der Waals surface area contributed by atoms with Crippen molar-refractivity contribution in [1.29, 1.82) is 0 Å². The van der Waals surface area contributed by atoms with Crippen LogP contribution in [0.4, 0.5) is 29.3 Å². The Bertz CT molecular complexity index is 632. The molecule has 104 valence electrons. The maximum atomic E-state index is 13.6. The maximum Gasteiger partial charge on any atom is 0.326 e. The van der Waals surface area contributed by atoms with Crippen molar-refractivity contribution in [2.75, 3.05) is 17.3 Å². The first-order valence-electron chi connectivity index (χ1n) is 5.74. The maximum absolute atomic E-state index is 13.6. The van der Waals surface area contributed by atoms with Gasteiger partial charge >= 0.3 is 6.03 Å². The fourth-order valence-corrected chi connectivity index (χ4v) is 1.61. The van der Waals surface area contributed by atoms with Gasteiger partial charge in [-0.2, -0.15) is 0 Å². The summed E-state index contributed by atoms with van der Waals surface area (Å²) in [7, 11) is 1.26. The molecular weight excluding hydrogens is 269 g/mol.